The molecule has 2 N–H and O–H groups in total. The van der Waals surface area contributed by atoms with Crippen molar-refractivity contribution in [1.29, 1.82) is 0 Å². The van der Waals surface area contributed by atoms with Crippen molar-refractivity contribution in [3.63, 3.8) is 0 Å². The molecule has 102 valence electrons. The minimum atomic E-state index is -3.02. The average Bonchev–Trinajstić information content (AvgIpc) is 2.60. The van der Waals surface area contributed by atoms with Gasteiger partial charge in [0.05, 0.1) is 12.1 Å². The molecule has 1 unspecified atom stereocenters. The van der Waals surface area contributed by atoms with Gasteiger partial charge in [-0.2, -0.15) is 0 Å². The molecule has 0 aromatic carbocycles. The molecule has 0 aliphatic carbocycles. The number of nitrogens with zero attached hydrogens (tertiary/aromatic N) is 3. The van der Waals surface area contributed by atoms with Gasteiger partial charge in [-0.1, -0.05) is 19.1 Å². The van der Waals surface area contributed by atoms with E-state index in [0.29, 0.717) is 0 Å². The van der Waals surface area contributed by atoms with Crippen LogP contribution in [0.5, 0.6) is 0 Å². The zero-order valence-electron chi connectivity index (χ0n) is 10.3. The highest BCUT2D eigenvalue weighted by molar-refractivity contribution is 5.86. The van der Waals surface area contributed by atoms with Crippen LogP contribution < -0.4 is 0 Å². The van der Waals surface area contributed by atoms with Crippen molar-refractivity contribution in [2.45, 2.75) is 39.3 Å². The summed E-state index contributed by atoms with van der Waals surface area (Å²) < 4.78 is 26.4. The lowest BCUT2D eigenvalue weighted by molar-refractivity contribution is -0.00931. The summed E-state index contributed by atoms with van der Waals surface area (Å²) in [5, 5.41) is 25.3. The first-order valence-corrected chi connectivity index (χ1v) is 5.34. The van der Waals surface area contributed by atoms with E-state index in [2.05, 4.69) is 10.3 Å². The van der Waals surface area contributed by atoms with E-state index >= 15 is 0 Å². The summed E-state index contributed by atoms with van der Waals surface area (Å²) in [7, 11) is 0. The number of hydrogen-bond donors (Lipinski definition) is 2. The Morgan fingerprint density at radius 2 is 2.06 bits per heavy atom. The molecule has 1 heterocycles. The number of aromatic nitrogens is 3. The van der Waals surface area contributed by atoms with Crippen molar-refractivity contribution in [3.05, 3.63) is 11.4 Å². The lowest BCUT2D eigenvalue weighted by Crippen LogP contribution is -2.37. The third-order valence-corrected chi connectivity index (χ3v) is 2.90. The number of carbonyl (C=O) groups is 1. The summed E-state index contributed by atoms with van der Waals surface area (Å²) in [4.78, 5) is 10.7. The lowest BCUT2D eigenvalue weighted by atomic mass is 9.92. The van der Waals surface area contributed by atoms with E-state index < -0.39 is 29.4 Å². The van der Waals surface area contributed by atoms with Crippen LogP contribution in [0, 0.1) is 5.92 Å². The van der Waals surface area contributed by atoms with Gasteiger partial charge in [-0.15, -0.1) is 5.10 Å². The maximum Gasteiger partial charge on any atom is 0.358 e. The van der Waals surface area contributed by atoms with Gasteiger partial charge in [0.25, 0.3) is 6.43 Å². The third-order valence-electron chi connectivity index (χ3n) is 2.90. The first kappa shape index (κ1) is 14.5. The fraction of sp³-hybridized carbons (Fsp3) is 0.700. The molecule has 1 atom stereocenters. The van der Waals surface area contributed by atoms with E-state index in [1.807, 2.05) is 0 Å². The highest BCUT2D eigenvalue weighted by Gasteiger charge is 2.32. The third kappa shape index (κ3) is 2.81. The van der Waals surface area contributed by atoms with E-state index in [1.54, 1.807) is 13.8 Å². The Labute approximate surface area is 102 Å². The number of carboxylic acid groups (broad SMARTS) is 1. The first-order chi connectivity index (χ1) is 8.16. The van der Waals surface area contributed by atoms with Crippen molar-refractivity contribution in [2.24, 2.45) is 5.92 Å². The van der Waals surface area contributed by atoms with Crippen LogP contribution in [0.4, 0.5) is 8.78 Å². The van der Waals surface area contributed by atoms with Crippen LogP contribution in [-0.2, 0) is 6.54 Å². The molecular weight excluding hydrogens is 248 g/mol. The van der Waals surface area contributed by atoms with Crippen LogP contribution in [0.2, 0.25) is 0 Å². The molecule has 0 saturated carbocycles. The zero-order valence-corrected chi connectivity index (χ0v) is 10.3. The van der Waals surface area contributed by atoms with Gasteiger partial charge in [-0.25, -0.2) is 18.3 Å². The van der Waals surface area contributed by atoms with E-state index in [9.17, 15) is 18.7 Å². The summed E-state index contributed by atoms with van der Waals surface area (Å²) in [5.74, 6) is -1.78. The molecule has 0 aliphatic heterocycles. The number of hydrogen-bond acceptors (Lipinski definition) is 4. The zero-order chi connectivity index (χ0) is 14.1. The Bertz CT molecular complexity index is 444. The number of carboxylic acids is 1. The van der Waals surface area contributed by atoms with Crippen molar-refractivity contribution < 1.29 is 23.8 Å². The van der Waals surface area contributed by atoms with E-state index in [0.717, 1.165) is 4.68 Å². The van der Waals surface area contributed by atoms with Crippen molar-refractivity contribution in [3.8, 4) is 0 Å². The van der Waals surface area contributed by atoms with Crippen LogP contribution in [0.15, 0.2) is 0 Å². The standard InChI is InChI=1S/C10H15F2N3O3/c1-5(2)10(3,18)4-15-7(8(11)12)6(9(16)17)13-14-15/h5,8,18H,4H2,1-3H3,(H,16,17). The summed E-state index contributed by atoms with van der Waals surface area (Å²) in [6.45, 7) is 4.66. The maximum absolute atomic E-state index is 12.8. The summed E-state index contributed by atoms with van der Waals surface area (Å²) in [5.41, 5.74) is -2.86. The second-order valence-corrected chi connectivity index (χ2v) is 4.60. The molecule has 0 bridgehead atoms. The Morgan fingerprint density at radius 1 is 1.50 bits per heavy atom. The SMILES string of the molecule is CC(C)C(C)(O)Cn1nnc(C(=O)O)c1C(F)F. The van der Waals surface area contributed by atoms with Gasteiger partial charge in [0.2, 0.25) is 0 Å². The van der Waals surface area contributed by atoms with Crippen LogP contribution in [-0.4, -0.2) is 36.8 Å². The molecule has 1 aromatic heterocycles. The van der Waals surface area contributed by atoms with Gasteiger partial charge in [0.1, 0.15) is 5.69 Å². The van der Waals surface area contributed by atoms with Crippen LogP contribution in [0.25, 0.3) is 0 Å². The van der Waals surface area contributed by atoms with Gasteiger partial charge >= 0.3 is 5.97 Å². The minimum absolute atomic E-state index is 0.208. The summed E-state index contributed by atoms with van der Waals surface area (Å²) in [6.07, 6.45) is -3.02. The topological polar surface area (TPSA) is 88.2 Å². The van der Waals surface area contributed by atoms with Crippen LogP contribution in [0.3, 0.4) is 0 Å². The lowest BCUT2D eigenvalue weighted by Gasteiger charge is -2.27. The fourth-order valence-electron chi connectivity index (χ4n) is 1.29. The van der Waals surface area contributed by atoms with E-state index in [-0.39, 0.29) is 12.5 Å². The Balaban J connectivity index is 3.15. The second kappa shape index (κ2) is 4.97. The molecule has 1 rings (SSSR count). The van der Waals surface area contributed by atoms with E-state index in [1.165, 1.54) is 6.92 Å². The monoisotopic (exact) mass is 263 g/mol. The van der Waals surface area contributed by atoms with Gasteiger partial charge < -0.3 is 10.2 Å². The average molecular weight is 263 g/mol. The highest BCUT2D eigenvalue weighted by Crippen LogP contribution is 2.25. The Kier molecular flexibility index (Phi) is 4.00. The van der Waals surface area contributed by atoms with Crippen LogP contribution >= 0.6 is 0 Å². The second-order valence-electron chi connectivity index (χ2n) is 4.60. The minimum Gasteiger partial charge on any atom is -0.476 e. The molecule has 8 heteroatoms. The highest BCUT2D eigenvalue weighted by atomic mass is 19.3. The van der Waals surface area contributed by atoms with Crippen molar-refractivity contribution in [1.82, 2.24) is 15.0 Å². The Hall–Kier alpha value is -1.57. The largest absolute Gasteiger partial charge is 0.476 e. The van der Waals surface area contributed by atoms with Crippen molar-refractivity contribution in [2.75, 3.05) is 0 Å². The molecule has 0 aliphatic rings. The smallest absolute Gasteiger partial charge is 0.358 e. The summed E-state index contributed by atoms with van der Waals surface area (Å²) >= 11 is 0. The number of halogens is 2. The van der Waals surface area contributed by atoms with Gasteiger partial charge in [0, 0.05) is 0 Å². The first-order valence-electron chi connectivity index (χ1n) is 5.34. The number of alkyl halides is 2. The van der Waals surface area contributed by atoms with Gasteiger partial charge in [0.15, 0.2) is 5.69 Å². The quantitative estimate of drug-likeness (QED) is 0.836. The van der Waals surface area contributed by atoms with Crippen LogP contribution in [0.1, 0.15) is 43.4 Å². The molecule has 0 fully saturated rings. The number of aromatic carboxylic acids is 1. The predicted molar refractivity (Wildman–Crippen MR) is 57.4 cm³/mol. The van der Waals surface area contributed by atoms with Gasteiger partial charge in [-0.3, -0.25) is 0 Å². The molecule has 0 radical (unpaired) electrons. The molecule has 1 aromatic rings. The number of aliphatic hydroxyl groups is 1. The molecule has 6 nitrogen and oxygen atoms in total. The maximum atomic E-state index is 12.8. The van der Waals surface area contributed by atoms with Crippen molar-refractivity contribution >= 4 is 5.97 Å². The normalized spacial score (nSPS) is 15.1. The van der Waals surface area contributed by atoms with E-state index in [4.69, 9.17) is 5.11 Å². The number of rotatable bonds is 5. The Morgan fingerprint density at radius 3 is 2.44 bits per heavy atom. The molecule has 0 saturated heterocycles. The summed E-state index contributed by atoms with van der Waals surface area (Å²) in [6, 6.07) is 0. The van der Waals surface area contributed by atoms with Gasteiger partial charge in [-0.05, 0) is 12.8 Å². The predicted octanol–water partition coefficient (Wildman–Crippen LogP) is 1.32. The molecule has 0 amide bonds. The fourth-order valence-corrected chi connectivity index (χ4v) is 1.29. The molecule has 0 spiro atoms. The molecule has 18 heavy (non-hydrogen) atoms. The molecular formula is C10H15F2N3O3.